The van der Waals surface area contributed by atoms with E-state index in [1.807, 2.05) is 0 Å². The predicted octanol–water partition coefficient (Wildman–Crippen LogP) is 5.47. The first-order valence-corrected chi connectivity index (χ1v) is 7.49. The minimum absolute atomic E-state index is 0.718. The molecule has 1 heteroatoms. The highest BCUT2D eigenvalue weighted by Gasteiger charge is 2.04. The van der Waals surface area contributed by atoms with Gasteiger partial charge >= 0.3 is 0 Å². The van der Waals surface area contributed by atoms with E-state index < -0.39 is 0 Å². The molecule has 2 aromatic carbocycles. The zero-order valence-corrected chi connectivity index (χ0v) is 13.4. The number of rotatable bonds is 3. The SMILES string of the molecule is Cc1ccc(I)c(-c2ccc(CC(C)C)cc2)c1. The van der Waals surface area contributed by atoms with E-state index in [1.165, 1.54) is 25.8 Å². The average molecular weight is 350 g/mol. The number of aryl methyl sites for hydroxylation is 1. The molecule has 0 unspecified atom stereocenters. The highest BCUT2D eigenvalue weighted by atomic mass is 127. The minimum Gasteiger partial charge on any atom is -0.0625 e. The lowest BCUT2D eigenvalue weighted by molar-refractivity contribution is 0.647. The maximum absolute atomic E-state index is 2.41. The lowest BCUT2D eigenvalue weighted by Crippen LogP contribution is -1.93. The van der Waals surface area contributed by atoms with Crippen LogP contribution in [0.1, 0.15) is 25.0 Å². The van der Waals surface area contributed by atoms with Crippen LogP contribution in [0.3, 0.4) is 0 Å². The largest absolute Gasteiger partial charge is 0.0625 e. The monoisotopic (exact) mass is 350 g/mol. The second-order valence-electron chi connectivity index (χ2n) is 5.28. The highest BCUT2D eigenvalue weighted by molar-refractivity contribution is 14.1. The Hall–Kier alpha value is -0.830. The van der Waals surface area contributed by atoms with E-state index in [1.54, 1.807) is 0 Å². The van der Waals surface area contributed by atoms with Gasteiger partial charge in [0.1, 0.15) is 0 Å². The molecule has 0 aliphatic heterocycles. The first-order valence-electron chi connectivity index (χ1n) is 6.41. The number of benzene rings is 2. The van der Waals surface area contributed by atoms with Crippen LogP contribution in [-0.4, -0.2) is 0 Å². The van der Waals surface area contributed by atoms with Crippen LogP contribution < -0.4 is 0 Å². The molecule has 0 aliphatic carbocycles. The van der Waals surface area contributed by atoms with Crippen molar-refractivity contribution in [3.05, 3.63) is 57.2 Å². The van der Waals surface area contributed by atoms with Gasteiger partial charge in [-0.3, -0.25) is 0 Å². The standard InChI is InChI=1S/C17H19I/c1-12(2)10-14-5-7-15(8-6-14)16-11-13(3)4-9-17(16)18/h4-9,11-12H,10H2,1-3H3. The second-order valence-corrected chi connectivity index (χ2v) is 6.44. The zero-order valence-electron chi connectivity index (χ0n) is 11.2. The fourth-order valence-corrected chi connectivity index (χ4v) is 2.80. The maximum atomic E-state index is 2.41. The number of hydrogen-bond acceptors (Lipinski definition) is 0. The van der Waals surface area contributed by atoms with Gasteiger partial charge in [0.2, 0.25) is 0 Å². The first-order chi connectivity index (χ1) is 8.56. The molecule has 0 aromatic heterocycles. The van der Waals surface area contributed by atoms with E-state index in [4.69, 9.17) is 0 Å². The van der Waals surface area contributed by atoms with E-state index >= 15 is 0 Å². The van der Waals surface area contributed by atoms with Crippen LogP contribution in [0.15, 0.2) is 42.5 Å². The molecule has 18 heavy (non-hydrogen) atoms. The Morgan fingerprint density at radius 1 is 1.00 bits per heavy atom. The Labute approximate surface area is 124 Å². The van der Waals surface area contributed by atoms with Crippen LogP contribution >= 0.6 is 22.6 Å². The Bertz CT molecular complexity index is 524. The van der Waals surface area contributed by atoms with Gasteiger partial charge < -0.3 is 0 Å². The average Bonchev–Trinajstić information content (AvgIpc) is 2.33. The summed E-state index contributed by atoms with van der Waals surface area (Å²) in [5.74, 6) is 0.718. The molecule has 94 valence electrons. The normalized spacial score (nSPS) is 10.9. The summed E-state index contributed by atoms with van der Waals surface area (Å²) in [5, 5.41) is 0. The Balaban J connectivity index is 2.31. The fourth-order valence-electron chi connectivity index (χ4n) is 2.15. The summed E-state index contributed by atoms with van der Waals surface area (Å²) in [6.07, 6.45) is 1.16. The van der Waals surface area contributed by atoms with Crippen LogP contribution in [0.2, 0.25) is 0 Å². The molecule has 0 N–H and O–H groups in total. The molecule has 0 amide bonds. The summed E-state index contributed by atoms with van der Waals surface area (Å²) in [4.78, 5) is 0. The third-order valence-electron chi connectivity index (χ3n) is 3.03. The molecule has 0 fully saturated rings. The van der Waals surface area contributed by atoms with Crippen molar-refractivity contribution >= 4 is 22.6 Å². The Morgan fingerprint density at radius 3 is 2.28 bits per heavy atom. The summed E-state index contributed by atoms with van der Waals surface area (Å²) in [5.41, 5.74) is 5.40. The van der Waals surface area contributed by atoms with Gasteiger partial charge in [0.05, 0.1) is 0 Å². The summed E-state index contributed by atoms with van der Waals surface area (Å²) in [6.45, 7) is 6.67. The molecule has 2 aromatic rings. The van der Waals surface area contributed by atoms with Crippen molar-refractivity contribution in [2.45, 2.75) is 27.2 Å². The maximum Gasteiger partial charge on any atom is 0.0208 e. The van der Waals surface area contributed by atoms with E-state index in [2.05, 4.69) is 85.8 Å². The summed E-state index contributed by atoms with van der Waals surface area (Å²) in [7, 11) is 0. The quantitative estimate of drug-likeness (QED) is 0.645. The molecular weight excluding hydrogens is 331 g/mol. The molecule has 0 saturated carbocycles. The second kappa shape index (κ2) is 5.87. The van der Waals surface area contributed by atoms with Gasteiger partial charge in [0.15, 0.2) is 0 Å². The van der Waals surface area contributed by atoms with Crippen molar-refractivity contribution in [3.8, 4) is 11.1 Å². The van der Waals surface area contributed by atoms with Gasteiger partial charge in [-0.15, -0.1) is 0 Å². The lowest BCUT2D eigenvalue weighted by atomic mass is 9.98. The van der Waals surface area contributed by atoms with Crippen LogP contribution in [0.25, 0.3) is 11.1 Å². The molecule has 0 aliphatic rings. The van der Waals surface area contributed by atoms with Crippen molar-refractivity contribution < 1.29 is 0 Å². The van der Waals surface area contributed by atoms with Crippen molar-refractivity contribution in [1.29, 1.82) is 0 Å². The summed E-state index contributed by atoms with van der Waals surface area (Å²) >= 11 is 2.41. The molecule has 0 saturated heterocycles. The van der Waals surface area contributed by atoms with Crippen molar-refractivity contribution in [3.63, 3.8) is 0 Å². The van der Waals surface area contributed by atoms with Crippen molar-refractivity contribution in [2.24, 2.45) is 5.92 Å². The predicted molar refractivity (Wildman–Crippen MR) is 87.9 cm³/mol. The molecule has 0 bridgehead atoms. The van der Waals surface area contributed by atoms with Gasteiger partial charge in [-0.05, 0) is 64.6 Å². The van der Waals surface area contributed by atoms with E-state index in [9.17, 15) is 0 Å². The van der Waals surface area contributed by atoms with Crippen molar-refractivity contribution in [2.75, 3.05) is 0 Å². The Morgan fingerprint density at radius 2 is 1.67 bits per heavy atom. The third kappa shape index (κ3) is 3.35. The Kier molecular flexibility index (Phi) is 4.44. The van der Waals surface area contributed by atoms with Gasteiger partial charge in [0, 0.05) is 3.57 Å². The van der Waals surface area contributed by atoms with Crippen LogP contribution in [0.5, 0.6) is 0 Å². The van der Waals surface area contributed by atoms with E-state index in [-0.39, 0.29) is 0 Å². The summed E-state index contributed by atoms with van der Waals surface area (Å²) in [6, 6.07) is 15.6. The zero-order chi connectivity index (χ0) is 13.1. The van der Waals surface area contributed by atoms with Crippen LogP contribution in [-0.2, 0) is 6.42 Å². The van der Waals surface area contributed by atoms with Gasteiger partial charge in [-0.1, -0.05) is 55.8 Å². The van der Waals surface area contributed by atoms with Gasteiger partial charge in [0.25, 0.3) is 0 Å². The number of halogens is 1. The van der Waals surface area contributed by atoms with Gasteiger partial charge in [-0.25, -0.2) is 0 Å². The van der Waals surface area contributed by atoms with Gasteiger partial charge in [-0.2, -0.15) is 0 Å². The minimum atomic E-state index is 0.718. The first kappa shape index (κ1) is 13.6. The van der Waals surface area contributed by atoms with Crippen molar-refractivity contribution in [1.82, 2.24) is 0 Å². The molecule has 0 heterocycles. The van der Waals surface area contributed by atoms with Crippen LogP contribution in [0, 0.1) is 16.4 Å². The fraction of sp³-hybridized carbons (Fsp3) is 0.294. The molecule has 0 atom stereocenters. The number of hydrogen-bond donors (Lipinski definition) is 0. The lowest BCUT2D eigenvalue weighted by Gasteiger charge is -2.09. The molecule has 0 nitrogen and oxygen atoms in total. The highest BCUT2D eigenvalue weighted by Crippen LogP contribution is 2.26. The van der Waals surface area contributed by atoms with E-state index in [0.29, 0.717) is 0 Å². The summed E-state index contributed by atoms with van der Waals surface area (Å²) < 4.78 is 1.31. The molecule has 0 radical (unpaired) electrons. The third-order valence-corrected chi connectivity index (χ3v) is 3.97. The smallest absolute Gasteiger partial charge is 0.0208 e. The molecular formula is C17H19I. The molecule has 2 rings (SSSR count). The topological polar surface area (TPSA) is 0 Å². The van der Waals surface area contributed by atoms with E-state index in [0.717, 1.165) is 12.3 Å². The van der Waals surface area contributed by atoms with Crippen LogP contribution in [0.4, 0.5) is 0 Å². The molecule has 0 spiro atoms.